The number of hydrogen-bond acceptors (Lipinski definition) is 4. The van der Waals surface area contributed by atoms with Crippen LogP contribution in [0.3, 0.4) is 0 Å². The Bertz CT molecular complexity index is 262. The van der Waals surface area contributed by atoms with Crippen LogP contribution in [-0.4, -0.2) is 53.1 Å². The molecule has 1 atom stereocenters. The second-order valence-corrected chi connectivity index (χ2v) is 3.48. The third-order valence-corrected chi connectivity index (χ3v) is 2.21. The van der Waals surface area contributed by atoms with Crippen LogP contribution in [0.15, 0.2) is 0 Å². The lowest BCUT2D eigenvalue weighted by atomic mass is 10.2. The zero-order valence-electron chi connectivity index (χ0n) is 9.38. The van der Waals surface area contributed by atoms with Crippen molar-refractivity contribution in [1.82, 2.24) is 4.90 Å². The number of nitrogens with two attached hydrogens (primary N) is 1. The number of carboxylic acids is 1. The van der Waals surface area contributed by atoms with E-state index < -0.39 is 24.3 Å². The lowest BCUT2D eigenvalue weighted by Gasteiger charge is -2.30. The number of rotatable bonds is 7. The molecule has 0 saturated carbocycles. The minimum Gasteiger partial charge on any atom is -0.480 e. The number of carbonyl (C=O) groups is 1. The summed E-state index contributed by atoms with van der Waals surface area (Å²) in [5.41, 5.74) is 5.21. The van der Waals surface area contributed by atoms with Gasteiger partial charge in [0.25, 0.3) is 6.43 Å². The van der Waals surface area contributed by atoms with Gasteiger partial charge in [-0.25, -0.2) is 13.6 Å². The predicted octanol–water partition coefficient (Wildman–Crippen LogP) is 1.11. The van der Waals surface area contributed by atoms with Gasteiger partial charge in [0.05, 0.1) is 0 Å². The van der Waals surface area contributed by atoms with Crippen molar-refractivity contribution in [3.05, 3.63) is 0 Å². The Morgan fingerprint density at radius 3 is 2.22 bits per heavy atom. The van der Waals surface area contributed by atoms with Crippen LogP contribution in [0.1, 0.15) is 6.42 Å². The number of alkyl halides is 2. The highest BCUT2D eigenvalue weighted by molar-refractivity contribution is 7.80. The molecule has 0 spiro atoms. The van der Waals surface area contributed by atoms with Crippen molar-refractivity contribution in [3.8, 4) is 0 Å². The van der Waals surface area contributed by atoms with Crippen LogP contribution >= 0.6 is 37.4 Å². The monoisotopic (exact) mass is 327 g/mol. The lowest BCUT2D eigenvalue weighted by Crippen LogP contribution is -2.49. The highest BCUT2D eigenvalue weighted by Gasteiger charge is 2.30. The Kier molecular flexibility index (Phi) is 14.9. The number of nitrogens with one attached hydrogen (secondary N) is 1. The largest absolute Gasteiger partial charge is 0.480 e. The van der Waals surface area contributed by atoms with Gasteiger partial charge in [0.1, 0.15) is 6.04 Å². The molecule has 0 fully saturated rings. The molecule has 0 rings (SSSR count). The van der Waals surface area contributed by atoms with Crippen molar-refractivity contribution in [3.63, 3.8) is 0 Å². The minimum absolute atomic E-state index is 0. The number of amidine groups is 1. The lowest BCUT2D eigenvalue weighted by molar-refractivity contribution is -0.142. The molecule has 18 heavy (non-hydrogen) atoms. The van der Waals surface area contributed by atoms with Crippen LogP contribution in [0.4, 0.5) is 8.78 Å². The van der Waals surface area contributed by atoms with Crippen LogP contribution < -0.4 is 5.73 Å². The number of halogens is 4. The van der Waals surface area contributed by atoms with E-state index in [9.17, 15) is 13.6 Å². The normalized spacial score (nSPS) is 11.2. The topological polar surface area (TPSA) is 90.4 Å². The molecule has 1 unspecified atom stereocenters. The SMILES string of the molecule is Cl.Cl.N=C(C(F)F)N(CCN)C(CCS)C(=O)O. The van der Waals surface area contributed by atoms with Gasteiger partial charge in [0.2, 0.25) is 0 Å². The average molecular weight is 328 g/mol. The van der Waals surface area contributed by atoms with Gasteiger partial charge < -0.3 is 15.7 Å². The summed E-state index contributed by atoms with van der Waals surface area (Å²) >= 11 is 3.86. The van der Waals surface area contributed by atoms with E-state index in [0.717, 1.165) is 4.90 Å². The summed E-state index contributed by atoms with van der Waals surface area (Å²) in [6.07, 6.45) is -2.93. The van der Waals surface area contributed by atoms with E-state index in [0.29, 0.717) is 0 Å². The Balaban J connectivity index is -0.00000112. The smallest absolute Gasteiger partial charge is 0.326 e. The fourth-order valence-electron chi connectivity index (χ4n) is 1.24. The van der Waals surface area contributed by atoms with Crippen molar-refractivity contribution in [2.75, 3.05) is 18.8 Å². The van der Waals surface area contributed by atoms with E-state index >= 15 is 0 Å². The van der Waals surface area contributed by atoms with Gasteiger partial charge in [0, 0.05) is 13.1 Å². The second kappa shape index (κ2) is 11.8. The minimum atomic E-state index is -3.01. The first-order valence-corrected chi connectivity index (χ1v) is 5.25. The summed E-state index contributed by atoms with van der Waals surface area (Å²) in [6, 6.07) is -1.18. The van der Waals surface area contributed by atoms with E-state index in [1.54, 1.807) is 0 Å². The summed E-state index contributed by atoms with van der Waals surface area (Å²) in [7, 11) is 0. The Hall–Kier alpha value is -0.310. The summed E-state index contributed by atoms with van der Waals surface area (Å²) in [5, 5.41) is 16.0. The third kappa shape index (κ3) is 7.20. The zero-order valence-corrected chi connectivity index (χ0v) is 11.9. The van der Waals surface area contributed by atoms with Gasteiger partial charge in [-0.15, -0.1) is 24.8 Å². The van der Waals surface area contributed by atoms with Crippen molar-refractivity contribution < 1.29 is 18.7 Å². The van der Waals surface area contributed by atoms with Crippen molar-refractivity contribution >= 4 is 49.2 Å². The van der Waals surface area contributed by atoms with Crippen LogP contribution in [0, 0.1) is 5.41 Å². The van der Waals surface area contributed by atoms with Gasteiger partial charge in [-0.3, -0.25) is 5.41 Å². The van der Waals surface area contributed by atoms with Crippen LogP contribution in [0.25, 0.3) is 0 Å². The summed E-state index contributed by atoms with van der Waals surface area (Å²) in [5.74, 6) is -2.04. The van der Waals surface area contributed by atoms with E-state index in [1.807, 2.05) is 0 Å². The quantitative estimate of drug-likeness (QED) is 0.320. The van der Waals surface area contributed by atoms with Crippen molar-refractivity contribution in [1.29, 1.82) is 5.41 Å². The molecule has 0 amide bonds. The number of carboxylic acid groups (broad SMARTS) is 1. The zero-order chi connectivity index (χ0) is 12.7. The highest BCUT2D eigenvalue weighted by atomic mass is 35.5. The maximum atomic E-state index is 12.3. The van der Waals surface area contributed by atoms with Gasteiger partial charge in [0.15, 0.2) is 5.84 Å². The molecule has 0 aliphatic rings. The van der Waals surface area contributed by atoms with Crippen LogP contribution in [0.5, 0.6) is 0 Å². The maximum Gasteiger partial charge on any atom is 0.326 e. The summed E-state index contributed by atoms with van der Waals surface area (Å²) in [6.45, 7) is -0.0840. The molecule has 0 aromatic carbocycles. The van der Waals surface area contributed by atoms with Crippen molar-refractivity contribution in [2.24, 2.45) is 5.73 Å². The number of hydrogen-bond donors (Lipinski definition) is 4. The molecule has 0 heterocycles. The fraction of sp³-hybridized carbons (Fsp3) is 0.750. The molecular formula is C8H17Cl2F2N3O2S. The molecule has 0 radical (unpaired) electrons. The van der Waals surface area contributed by atoms with Gasteiger partial charge in [-0.2, -0.15) is 12.6 Å². The van der Waals surface area contributed by atoms with E-state index in [-0.39, 0.29) is 50.1 Å². The molecule has 0 aliphatic carbocycles. The Morgan fingerprint density at radius 2 is 1.94 bits per heavy atom. The van der Waals surface area contributed by atoms with E-state index in [4.69, 9.17) is 16.2 Å². The average Bonchev–Trinajstić information content (AvgIpc) is 2.21. The van der Waals surface area contributed by atoms with E-state index in [1.165, 1.54) is 0 Å². The third-order valence-electron chi connectivity index (χ3n) is 1.95. The van der Waals surface area contributed by atoms with Crippen molar-refractivity contribution in [2.45, 2.75) is 18.9 Å². The summed E-state index contributed by atoms with van der Waals surface area (Å²) in [4.78, 5) is 11.7. The molecule has 0 aliphatic heterocycles. The first-order chi connectivity index (χ1) is 7.45. The van der Waals surface area contributed by atoms with Crippen LogP contribution in [-0.2, 0) is 4.79 Å². The summed E-state index contributed by atoms with van der Waals surface area (Å²) < 4.78 is 24.7. The molecule has 0 saturated heterocycles. The first kappa shape index (κ1) is 22.8. The molecule has 10 heteroatoms. The van der Waals surface area contributed by atoms with Gasteiger partial charge >= 0.3 is 5.97 Å². The molecule has 0 aromatic rings. The maximum absolute atomic E-state index is 12.3. The number of thiol groups is 1. The first-order valence-electron chi connectivity index (χ1n) is 4.62. The van der Waals surface area contributed by atoms with E-state index in [2.05, 4.69) is 12.6 Å². The standard InChI is InChI=1S/C8H15F2N3O2S.2ClH/c9-6(10)7(12)13(3-2-11)5(1-4-16)8(14)15;;/h5-6,12,16H,1-4,11H2,(H,14,15);2*1H. The molecular weight excluding hydrogens is 311 g/mol. The molecule has 5 nitrogen and oxygen atoms in total. The molecule has 4 N–H and O–H groups in total. The Labute approximate surface area is 122 Å². The highest BCUT2D eigenvalue weighted by Crippen LogP contribution is 2.10. The number of nitrogens with zero attached hydrogens (tertiary/aromatic N) is 1. The number of aliphatic carboxylic acids is 1. The predicted molar refractivity (Wildman–Crippen MR) is 73.9 cm³/mol. The molecule has 0 bridgehead atoms. The Morgan fingerprint density at radius 1 is 1.44 bits per heavy atom. The molecule has 110 valence electrons. The van der Waals surface area contributed by atoms with Crippen LogP contribution in [0.2, 0.25) is 0 Å². The fourth-order valence-corrected chi connectivity index (χ4v) is 1.49. The van der Waals surface area contributed by atoms with Gasteiger partial charge in [-0.05, 0) is 12.2 Å². The van der Waals surface area contributed by atoms with Gasteiger partial charge in [-0.1, -0.05) is 0 Å². The molecule has 0 aromatic heterocycles. The second-order valence-electron chi connectivity index (χ2n) is 3.03.